The molecule has 2 rings (SSSR count). The molecule has 0 atom stereocenters. The highest BCUT2D eigenvalue weighted by molar-refractivity contribution is 7.21. The van der Waals surface area contributed by atoms with Crippen molar-refractivity contribution in [3.8, 4) is 0 Å². The molecule has 124 valence electrons. The number of nitrogens with zero attached hydrogens (tertiary/aromatic N) is 2. The molecule has 1 heterocycles. The van der Waals surface area contributed by atoms with Crippen LogP contribution < -0.4 is 15.8 Å². The molecule has 6 heteroatoms. The molecule has 23 heavy (non-hydrogen) atoms. The van der Waals surface area contributed by atoms with Crippen LogP contribution in [0.1, 0.15) is 40.0 Å². The fraction of sp³-hybridized carbons (Fsp3) is 0.471. The zero-order valence-electron chi connectivity index (χ0n) is 13.9. The van der Waals surface area contributed by atoms with Gasteiger partial charge in [0.05, 0.1) is 5.39 Å². The van der Waals surface area contributed by atoms with Crippen molar-refractivity contribution in [3.63, 3.8) is 0 Å². The standard InChI is InChI=1S/C17H23N3O2S/c1-4-7-8-15(21)18-12-9-10-14-13(11-12)16(22)19-17(23-14)20(5-2)6-3/h9-11H,4-8H2,1-3H3,(H,18,21). The van der Waals surface area contributed by atoms with Gasteiger partial charge in [-0.2, -0.15) is 4.98 Å². The van der Waals surface area contributed by atoms with Gasteiger partial charge >= 0.3 is 0 Å². The molecule has 1 N–H and O–H groups in total. The van der Waals surface area contributed by atoms with Gasteiger partial charge in [-0.25, -0.2) is 0 Å². The number of hydrogen-bond donors (Lipinski definition) is 1. The third-order valence-corrected chi connectivity index (χ3v) is 4.79. The van der Waals surface area contributed by atoms with E-state index in [-0.39, 0.29) is 11.5 Å². The van der Waals surface area contributed by atoms with Gasteiger partial charge in [-0.3, -0.25) is 9.59 Å². The Bertz CT molecular complexity index is 738. The summed E-state index contributed by atoms with van der Waals surface area (Å²) in [6.07, 6.45) is 2.35. The van der Waals surface area contributed by atoms with Crippen LogP contribution in [0.5, 0.6) is 0 Å². The summed E-state index contributed by atoms with van der Waals surface area (Å²) in [7, 11) is 0. The minimum absolute atomic E-state index is 0.0185. The number of fused-ring (bicyclic) bond motifs is 1. The molecular formula is C17H23N3O2S. The first-order chi connectivity index (χ1) is 11.1. The third-order valence-electron chi connectivity index (χ3n) is 3.68. The average molecular weight is 333 g/mol. The van der Waals surface area contributed by atoms with Gasteiger partial charge in [0.25, 0.3) is 5.56 Å². The minimum atomic E-state index is -0.245. The van der Waals surface area contributed by atoms with E-state index in [0.717, 1.165) is 35.8 Å². The fourth-order valence-corrected chi connectivity index (χ4v) is 3.43. The van der Waals surface area contributed by atoms with E-state index in [1.54, 1.807) is 6.07 Å². The summed E-state index contributed by atoms with van der Waals surface area (Å²) in [5.74, 6) is -0.0185. The highest BCUT2D eigenvalue weighted by Crippen LogP contribution is 2.26. The second-order valence-electron chi connectivity index (χ2n) is 5.34. The lowest BCUT2D eigenvalue weighted by Gasteiger charge is -2.18. The fourth-order valence-electron chi connectivity index (χ4n) is 2.32. The summed E-state index contributed by atoms with van der Waals surface area (Å²) in [4.78, 5) is 30.4. The van der Waals surface area contributed by atoms with Crippen LogP contribution in [0.2, 0.25) is 0 Å². The second-order valence-corrected chi connectivity index (χ2v) is 6.35. The highest BCUT2D eigenvalue weighted by Gasteiger charge is 2.10. The number of rotatable bonds is 7. The molecule has 0 aliphatic carbocycles. The molecule has 0 spiro atoms. The van der Waals surface area contributed by atoms with Crippen LogP contribution in [0.15, 0.2) is 23.0 Å². The number of nitrogens with one attached hydrogen (secondary N) is 1. The predicted molar refractivity (Wildman–Crippen MR) is 97.6 cm³/mol. The SMILES string of the molecule is CCCCC(=O)Nc1ccc2sc(N(CC)CC)nc(=O)c2c1. The number of benzene rings is 1. The summed E-state index contributed by atoms with van der Waals surface area (Å²) in [6.45, 7) is 7.77. The number of unbranched alkanes of at least 4 members (excludes halogenated alkanes) is 1. The number of anilines is 2. The van der Waals surface area contributed by atoms with E-state index >= 15 is 0 Å². The molecule has 0 fully saturated rings. The average Bonchev–Trinajstić information content (AvgIpc) is 2.54. The van der Waals surface area contributed by atoms with Crippen LogP contribution in [-0.2, 0) is 4.79 Å². The summed E-state index contributed by atoms with van der Waals surface area (Å²) >= 11 is 1.50. The number of amides is 1. The summed E-state index contributed by atoms with van der Waals surface area (Å²) in [6, 6.07) is 5.44. The molecule has 0 unspecified atom stereocenters. The Balaban J connectivity index is 2.30. The van der Waals surface area contributed by atoms with Gasteiger partial charge in [0, 0.05) is 29.9 Å². The first-order valence-electron chi connectivity index (χ1n) is 8.08. The van der Waals surface area contributed by atoms with Gasteiger partial charge in [0.2, 0.25) is 5.91 Å². The third kappa shape index (κ3) is 4.28. The van der Waals surface area contributed by atoms with Crippen LogP contribution in [0.4, 0.5) is 10.8 Å². The van der Waals surface area contributed by atoms with Crippen molar-refractivity contribution in [1.29, 1.82) is 0 Å². The van der Waals surface area contributed by atoms with E-state index in [4.69, 9.17) is 0 Å². The Kier molecular flexibility index (Phi) is 6.10. The lowest BCUT2D eigenvalue weighted by atomic mass is 10.2. The maximum atomic E-state index is 12.3. The summed E-state index contributed by atoms with van der Waals surface area (Å²) < 4.78 is 0.887. The lowest BCUT2D eigenvalue weighted by molar-refractivity contribution is -0.116. The van der Waals surface area contributed by atoms with Crippen LogP contribution >= 0.6 is 11.3 Å². The summed E-state index contributed by atoms with van der Waals surface area (Å²) in [5.41, 5.74) is 0.408. The maximum absolute atomic E-state index is 12.3. The van der Waals surface area contributed by atoms with Crippen LogP contribution in [0.25, 0.3) is 10.1 Å². The minimum Gasteiger partial charge on any atom is -0.349 e. The van der Waals surface area contributed by atoms with Gasteiger partial charge in [0.1, 0.15) is 0 Å². The molecule has 0 bridgehead atoms. The highest BCUT2D eigenvalue weighted by atomic mass is 32.1. The lowest BCUT2D eigenvalue weighted by Crippen LogP contribution is -2.24. The van der Waals surface area contributed by atoms with Crippen molar-refractivity contribution in [1.82, 2.24) is 4.98 Å². The van der Waals surface area contributed by atoms with Gasteiger partial charge in [0.15, 0.2) is 5.13 Å². The van der Waals surface area contributed by atoms with E-state index in [0.29, 0.717) is 17.5 Å². The molecule has 1 aromatic heterocycles. The zero-order chi connectivity index (χ0) is 16.8. The van der Waals surface area contributed by atoms with Crippen LogP contribution in [0, 0.1) is 0 Å². The molecule has 0 saturated heterocycles. The quantitative estimate of drug-likeness (QED) is 0.840. The summed E-state index contributed by atoms with van der Waals surface area (Å²) in [5, 5.41) is 4.14. The Morgan fingerprint density at radius 3 is 2.65 bits per heavy atom. The van der Waals surface area contributed by atoms with E-state index < -0.39 is 0 Å². The van der Waals surface area contributed by atoms with Gasteiger partial charge < -0.3 is 10.2 Å². The Morgan fingerprint density at radius 2 is 2.00 bits per heavy atom. The first-order valence-corrected chi connectivity index (χ1v) is 8.90. The molecular weight excluding hydrogens is 310 g/mol. The van der Waals surface area contributed by atoms with Crippen molar-refractivity contribution in [3.05, 3.63) is 28.6 Å². The van der Waals surface area contributed by atoms with Gasteiger partial charge in [-0.05, 0) is 38.5 Å². The van der Waals surface area contributed by atoms with E-state index in [1.807, 2.05) is 32.9 Å². The number of carbonyl (C=O) groups excluding carboxylic acids is 1. The normalized spacial score (nSPS) is 10.7. The number of carbonyl (C=O) groups is 1. The molecule has 1 amide bonds. The van der Waals surface area contributed by atoms with E-state index in [2.05, 4.69) is 15.2 Å². The van der Waals surface area contributed by atoms with E-state index in [1.165, 1.54) is 11.3 Å². The molecule has 1 aromatic carbocycles. The molecule has 2 aromatic rings. The number of aromatic nitrogens is 1. The smallest absolute Gasteiger partial charge is 0.281 e. The first kappa shape index (κ1) is 17.4. The van der Waals surface area contributed by atoms with Crippen LogP contribution in [-0.4, -0.2) is 24.0 Å². The topological polar surface area (TPSA) is 62.3 Å². The van der Waals surface area contributed by atoms with Crippen molar-refractivity contribution in [2.24, 2.45) is 0 Å². The predicted octanol–water partition coefficient (Wildman–Crippen LogP) is 3.63. The molecule has 0 aliphatic rings. The Morgan fingerprint density at radius 1 is 1.26 bits per heavy atom. The van der Waals surface area contributed by atoms with E-state index in [9.17, 15) is 9.59 Å². The Hall–Kier alpha value is -1.95. The van der Waals surface area contributed by atoms with Crippen molar-refractivity contribution >= 4 is 38.1 Å². The van der Waals surface area contributed by atoms with Crippen molar-refractivity contribution < 1.29 is 4.79 Å². The van der Waals surface area contributed by atoms with Gasteiger partial charge in [-0.1, -0.05) is 24.7 Å². The molecule has 5 nitrogen and oxygen atoms in total. The van der Waals surface area contributed by atoms with Crippen molar-refractivity contribution in [2.45, 2.75) is 40.0 Å². The van der Waals surface area contributed by atoms with Gasteiger partial charge in [-0.15, -0.1) is 0 Å². The van der Waals surface area contributed by atoms with Crippen LogP contribution in [0.3, 0.4) is 0 Å². The number of hydrogen-bond acceptors (Lipinski definition) is 5. The monoisotopic (exact) mass is 333 g/mol. The molecule has 0 saturated carbocycles. The molecule has 0 radical (unpaired) electrons. The second kappa shape index (κ2) is 8.06. The Labute approximate surface area is 140 Å². The zero-order valence-corrected chi connectivity index (χ0v) is 14.7. The largest absolute Gasteiger partial charge is 0.349 e. The maximum Gasteiger partial charge on any atom is 0.281 e. The molecule has 0 aliphatic heterocycles. The van der Waals surface area contributed by atoms with Crippen molar-refractivity contribution in [2.75, 3.05) is 23.3 Å².